The van der Waals surface area contributed by atoms with E-state index < -0.39 is 8.07 Å². The van der Waals surface area contributed by atoms with Crippen molar-refractivity contribution < 1.29 is 14.2 Å². The van der Waals surface area contributed by atoms with Crippen molar-refractivity contribution >= 4 is 26.3 Å². The molecule has 6 aromatic carbocycles. The van der Waals surface area contributed by atoms with Crippen molar-refractivity contribution in [1.29, 1.82) is 0 Å². The van der Waals surface area contributed by atoms with Crippen LogP contribution in [0.15, 0.2) is 144 Å². The van der Waals surface area contributed by atoms with Crippen molar-refractivity contribution in [2.75, 3.05) is 21.3 Å². The molecule has 0 radical (unpaired) electrons. The summed E-state index contributed by atoms with van der Waals surface area (Å²) in [6.45, 7) is 14.1. The summed E-state index contributed by atoms with van der Waals surface area (Å²) in [6.07, 6.45) is 8.31. The summed E-state index contributed by atoms with van der Waals surface area (Å²) in [5.74, 6) is 0. The summed E-state index contributed by atoms with van der Waals surface area (Å²) in [4.78, 5) is 0. The monoisotopic (exact) mass is 806 g/mol. The lowest BCUT2D eigenvalue weighted by Gasteiger charge is -2.39. The second-order valence-electron chi connectivity index (χ2n) is 17.5. The molecule has 0 bridgehead atoms. The van der Waals surface area contributed by atoms with Gasteiger partial charge < -0.3 is 14.2 Å². The van der Waals surface area contributed by atoms with Crippen LogP contribution in [0.25, 0.3) is 51.6 Å². The van der Waals surface area contributed by atoms with Crippen LogP contribution in [0.3, 0.4) is 0 Å². The van der Waals surface area contributed by atoms with Crippen molar-refractivity contribution in [3.8, 4) is 33.4 Å². The fraction of sp³-hybridized carbons (Fsp3) is 0.250. The van der Waals surface area contributed by atoms with Crippen LogP contribution in [-0.2, 0) is 40.5 Å². The van der Waals surface area contributed by atoms with Gasteiger partial charge >= 0.3 is 0 Å². The van der Waals surface area contributed by atoms with Gasteiger partial charge in [0.2, 0.25) is 0 Å². The van der Waals surface area contributed by atoms with E-state index >= 15 is 0 Å². The molecule has 3 aliphatic carbocycles. The fourth-order valence-electron chi connectivity index (χ4n) is 10.4. The van der Waals surface area contributed by atoms with Gasteiger partial charge in [0.25, 0.3) is 0 Å². The Balaban J connectivity index is 0.000000218. The molecule has 0 saturated carbocycles. The van der Waals surface area contributed by atoms with Gasteiger partial charge in [0.1, 0.15) is 0 Å². The third-order valence-electron chi connectivity index (χ3n) is 12.8. The highest BCUT2D eigenvalue weighted by atomic mass is 28.3. The molecular weight excluding hydrogens is 749 g/mol. The highest BCUT2D eigenvalue weighted by molar-refractivity contribution is 6.81. The first-order valence-corrected chi connectivity index (χ1v) is 24.4. The highest BCUT2D eigenvalue weighted by Crippen LogP contribution is 2.54. The van der Waals surface area contributed by atoms with Gasteiger partial charge in [-0.2, -0.15) is 0 Å². The summed E-state index contributed by atoms with van der Waals surface area (Å²) in [6, 6.07) is 46.8. The normalized spacial score (nSPS) is 16.3. The predicted molar refractivity (Wildman–Crippen MR) is 255 cm³/mol. The predicted octanol–water partition coefficient (Wildman–Crippen LogP) is 14.3. The number of benzene rings is 6. The number of allylic oxidation sites excluding steroid dienone is 3. The molecule has 6 aromatic rings. The number of fused-ring (bicyclic) bond motifs is 3. The lowest BCUT2D eigenvalue weighted by Crippen LogP contribution is -2.42. The topological polar surface area (TPSA) is 27.7 Å². The number of ether oxygens (including phenoxy) is 3. The summed E-state index contributed by atoms with van der Waals surface area (Å²) in [5, 5.41) is 0. The van der Waals surface area contributed by atoms with Crippen LogP contribution in [0.2, 0.25) is 13.1 Å². The molecule has 4 heteroatoms. The zero-order valence-electron chi connectivity index (χ0n) is 36.6. The maximum absolute atomic E-state index is 5.33. The van der Waals surface area contributed by atoms with E-state index in [0.29, 0.717) is 30.9 Å². The minimum absolute atomic E-state index is 0.474. The lowest BCUT2D eigenvalue weighted by molar-refractivity contribution is 0.185. The van der Waals surface area contributed by atoms with Crippen LogP contribution in [0.1, 0.15) is 81.9 Å². The van der Waals surface area contributed by atoms with Gasteiger partial charge in [0.05, 0.1) is 27.9 Å². The Morgan fingerprint density at radius 2 is 0.850 bits per heavy atom. The average molecular weight is 807 g/mol. The van der Waals surface area contributed by atoms with Crippen molar-refractivity contribution in [1.82, 2.24) is 0 Å². The van der Waals surface area contributed by atoms with Gasteiger partial charge in [-0.3, -0.25) is 0 Å². The molecule has 0 amide bonds. The molecule has 9 rings (SSSR count). The van der Waals surface area contributed by atoms with E-state index in [1.165, 1.54) is 100 Å². The minimum Gasteiger partial charge on any atom is -0.380 e. The molecule has 0 heterocycles. The second kappa shape index (κ2) is 17.7. The third-order valence-corrected chi connectivity index (χ3v) is 17.4. The summed E-state index contributed by atoms with van der Waals surface area (Å²) < 4.78 is 15.8. The maximum Gasteiger partial charge on any atom is 0.0722 e. The van der Waals surface area contributed by atoms with E-state index in [-0.39, 0.29) is 0 Å². The maximum atomic E-state index is 5.33. The van der Waals surface area contributed by atoms with Gasteiger partial charge in [0, 0.05) is 32.4 Å². The van der Waals surface area contributed by atoms with Crippen LogP contribution >= 0.6 is 0 Å². The molecular formula is C56H58O3Si. The molecule has 3 nitrogen and oxygen atoms in total. The molecule has 0 aromatic heterocycles. The largest absolute Gasteiger partial charge is 0.380 e. The first-order valence-electron chi connectivity index (χ1n) is 21.3. The first-order chi connectivity index (χ1) is 29.1. The van der Waals surface area contributed by atoms with Crippen LogP contribution in [0.5, 0.6) is 0 Å². The molecule has 2 unspecified atom stereocenters. The molecule has 3 aliphatic rings. The molecule has 304 valence electrons. The number of rotatable bonds is 11. The molecule has 0 saturated heterocycles. The zero-order chi connectivity index (χ0) is 42.0. The van der Waals surface area contributed by atoms with Crippen molar-refractivity contribution in [3.63, 3.8) is 0 Å². The fourth-order valence-corrected chi connectivity index (χ4v) is 15.3. The summed E-state index contributed by atoms with van der Waals surface area (Å²) in [5.41, 5.74) is 25.5. The quantitative estimate of drug-likeness (QED) is 0.122. The number of hydrogen-bond donors (Lipinski definition) is 0. The average Bonchev–Trinajstić information content (AvgIpc) is 3.93. The zero-order valence-corrected chi connectivity index (χ0v) is 37.6. The third kappa shape index (κ3) is 8.10. The highest BCUT2D eigenvalue weighted by Gasteiger charge is 2.47. The Morgan fingerprint density at radius 3 is 1.27 bits per heavy atom. The smallest absolute Gasteiger partial charge is 0.0722 e. The molecule has 2 atom stereocenters. The van der Waals surface area contributed by atoms with E-state index in [1.54, 1.807) is 21.3 Å². The van der Waals surface area contributed by atoms with E-state index in [0.717, 1.165) is 6.42 Å². The summed E-state index contributed by atoms with van der Waals surface area (Å²) in [7, 11) is 3.30. The van der Waals surface area contributed by atoms with Crippen LogP contribution < -0.4 is 0 Å². The van der Waals surface area contributed by atoms with Crippen molar-refractivity contribution in [2.24, 2.45) is 0 Å². The molecule has 0 spiro atoms. The van der Waals surface area contributed by atoms with E-state index in [9.17, 15) is 0 Å². The first kappa shape index (κ1) is 41.4. The minimum atomic E-state index is -1.92. The van der Waals surface area contributed by atoms with Gasteiger partial charge in [-0.05, 0) is 111 Å². The summed E-state index contributed by atoms with van der Waals surface area (Å²) >= 11 is 0. The van der Waals surface area contributed by atoms with Crippen LogP contribution in [0.4, 0.5) is 0 Å². The Labute approximate surface area is 359 Å². The number of hydrogen-bond acceptors (Lipinski definition) is 3. The lowest BCUT2D eigenvalue weighted by atomic mass is 9.95. The van der Waals surface area contributed by atoms with E-state index in [2.05, 4.69) is 179 Å². The van der Waals surface area contributed by atoms with E-state index in [1.807, 2.05) is 0 Å². The number of methoxy groups -OCH3 is 3. The molecule has 60 heavy (non-hydrogen) atoms. The van der Waals surface area contributed by atoms with Gasteiger partial charge in [0.15, 0.2) is 0 Å². The van der Waals surface area contributed by atoms with Gasteiger partial charge in [-0.15, -0.1) is 0 Å². The standard InChI is InChI=1S/C38H40O2Si.C18H18O/c1-25-21-35-31(29-17-13-27(14-18-29)23-39-3)9-7-11-33(35)37(25)41(5,6)38-26(2)22-36-32(10-8-12-34(36)38)30-19-15-28(16-20-30)24-40-4;1-13-10-16-4-3-5-17(18(16)11-13)15-8-6-14(7-9-15)12-19-2/h7-22,37-38H,23-24H2,1-6H3;3-10H,11-12H2,1-2H3. The van der Waals surface area contributed by atoms with Crippen LogP contribution in [0, 0.1) is 0 Å². The van der Waals surface area contributed by atoms with E-state index in [4.69, 9.17) is 14.2 Å². The SMILES string of the molecule is COCc1ccc(-c2cccc3c2C=C(C)C3[Si](C)(C)C2C(C)=Cc3c(-c4ccc(COC)cc4)cccc32)cc1.COCc1ccc(-c2cccc3c2CC(C)=C3)cc1. The van der Waals surface area contributed by atoms with Gasteiger partial charge in [-0.25, -0.2) is 0 Å². The second-order valence-corrected chi connectivity index (χ2v) is 22.3. The Bertz CT molecular complexity index is 2470. The Hall–Kier alpha value is -5.36. The van der Waals surface area contributed by atoms with Gasteiger partial charge in [-0.1, -0.05) is 175 Å². The van der Waals surface area contributed by atoms with Crippen LogP contribution in [-0.4, -0.2) is 29.4 Å². The molecule has 0 aliphatic heterocycles. The molecule has 0 fully saturated rings. The Morgan fingerprint density at radius 1 is 0.467 bits per heavy atom. The molecule has 0 N–H and O–H groups in total. The Kier molecular flexibility index (Phi) is 12.2. The van der Waals surface area contributed by atoms with Crippen molar-refractivity contribution in [3.05, 3.63) is 194 Å². The van der Waals surface area contributed by atoms with Crippen molar-refractivity contribution in [2.45, 2.75) is 71.2 Å².